The number of hydrogen-bond acceptors (Lipinski definition) is 2. The van der Waals surface area contributed by atoms with E-state index in [0.29, 0.717) is 11.4 Å². The molecule has 0 saturated heterocycles. The van der Waals surface area contributed by atoms with E-state index in [-0.39, 0.29) is 0 Å². The van der Waals surface area contributed by atoms with Gasteiger partial charge in [-0.2, -0.15) is 0 Å². The highest BCUT2D eigenvalue weighted by atomic mass is 35.7. The summed E-state index contributed by atoms with van der Waals surface area (Å²) in [7, 11) is 1.77. The van der Waals surface area contributed by atoms with Crippen molar-refractivity contribution in [2.24, 2.45) is 0 Å². The first-order valence-corrected chi connectivity index (χ1v) is 7.10. The third-order valence-corrected chi connectivity index (χ3v) is 5.13. The predicted octanol–water partition coefficient (Wildman–Crippen LogP) is 3.23. The van der Waals surface area contributed by atoms with Crippen molar-refractivity contribution in [3.63, 3.8) is 0 Å². The molecule has 0 aliphatic rings. The molecular weight excluding hydrogens is 255 g/mol. The van der Waals surface area contributed by atoms with Crippen LogP contribution < -0.4 is 0 Å². The molecule has 2 nitrogen and oxygen atoms in total. The lowest BCUT2D eigenvalue weighted by molar-refractivity contribution is 0.559. The Bertz CT molecular complexity index is 452. The lowest BCUT2D eigenvalue weighted by atomic mass is 10.0. The normalized spacial score (nSPS) is 12.8. The van der Waals surface area contributed by atoms with Crippen molar-refractivity contribution in [2.75, 3.05) is 0 Å². The van der Waals surface area contributed by atoms with E-state index in [1.165, 1.54) is 0 Å². The van der Waals surface area contributed by atoms with Crippen LogP contribution in [0.25, 0.3) is 0 Å². The molecule has 0 unspecified atom stereocenters. The third-order valence-electron chi connectivity index (χ3n) is 2.18. The first kappa shape index (κ1) is 12.8. The highest BCUT2D eigenvalue weighted by Gasteiger charge is 2.32. The van der Waals surface area contributed by atoms with Gasteiger partial charge in [-0.3, -0.25) is 0 Å². The van der Waals surface area contributed by atoms with E-state index in [1.54, 1.807) is 32.0 Å². The van der Waals surface area contributed by atoms with Crippen LogP contribution in [0, 0.1) is 0 Å². The number of halogens is 2. The minimum Gasteiger partial charge on any atom is -0.212 e. The number of hydrogen-bond donors (Lipinski definition) is 0. The summed E-state index contributed by atoms with van der Waals surface area (Å²) in [6.45, 7) is 3.19. The molecular formula is C10H12Cl2O2S. The summed E-state index contributed by atoms with van der Waals surface area (Å²) in [5.74, 6) is 0. The van der Waals surface area contributed by atoms with Crippen LogP contribution in [0.2, 0.25) is 5.02 Å². The minimum atomic E-state index is -3.58. The maximum Gasteiger partial charge on any atom is 0.238 e. The van der Waals surface area contributed by atoms with E-state index in [0.717, 1.165) is 5.56 Å². The molecule has 15 heavy (non-hydrogen) atoms. The minimum absolute atomic E-state index is 0.347. The Kier molecular flexibility index (Phi) is 3.69. The van der Waals surface area contributed by atoms with Crippen LogP contribution in [0.5, 0.6) is 0 Å². The van der Waals surface area contributed by atoms with Gasteiger partial charge < -0.3 is 0 Å². The van der Waals surface area contributed by atoms with Crippen LogP contribution >= 0.6 is 22.3 Å². The molecule has 1 aromatic carbocycles. The fourth-order valence-electron chi connectivity index (χ4n) is 1.22. The van der Waals surface area contributed by atoms with Crippen molar-refractivity contribution in [1.82, 2.24) is 0 Å². The molecule has 5 heteroatoms. The van der Waals surface area contributed by atoms with Crippen molar-refractivity contribution in [3.05, 3.63) is 34.9 Å². The fourth-order valence-corrected chi connectivity index (χ4v) is 1.94. The molecule has 1 aromatic rings. The van der Waals surface area contributed by atoms with Gasteiger partial charge >= 0.3 is 0 Å². The summed E-state index contributed by atoms with van der Waals surface area (Å²) in [5.41, 5.74) is 0.858. The maximum absolute atomic E-state index is 11.3. The average molecular weight is 267 g/mol. The highest BCUT2D eigenvalue weighted by molar-refractivity contribution is 8.14. The number of rotatable bonds is 3. The van der Waals surface area contributed by atoms with Crippen molar-refractivity contribution < 1.29 is 8.42 Å². The van der Waals surface area contributed by atoms with Crippen LogP contribution in [0.3, 0.4) is 0 Å². The topological polar surface area (TPSA) is 34.1 Å². The van der Waals surface area contributed by atoms with Gasteiger partial charge in [0.15, 0.2) is 0 Å². The molecule has 0 aliphatic carbocycles. The molecule has 0 atom stereocenters. The zero-order valence-electron chi connectivity index (χ0n) is 8.50. The molecule has 84 valence electrons. The van der Waals surface area contributed by atoms with E-state index in [2.05, 4.69) is 0 Å². The Morgan fingerprint density at radius 2 is 1.93 bits per heavy atom. The Labute approximate surface area is 99.6 Å². The standard InChI is InChI=1S/C10H12Cl2O2S/c1-10(2,15(12,13)14)7-8-4-3-5-9(11)6-8/h3-6H,7H2,1-2H3. The predicted molar refractivity (Wildman–Crippen MR) is 64.0 cm³/mol. The second-order valence-electron chi connectivity index (χ2n) is 4.00. The van der Waals surface area contributed by atoms with E-state index in [4.69, 9.17) is 22.3 Å². The molecule has 0 aliphatic heterocycles. The lowest BCUT2D eigenvalue weighted by Crippen LogP contribution is -2.30. The van der Waals surface area contributed by atoms with Gasteiger partial charge in [-0.25, -0.2) is 8.42 Å². The van der Waals surface area contributed by atoms with Crippen LogP contribution in [0.15, 0.2) is 24.3 Å². The number of benzene rings is 1. The highest BCUT2D eigenvalue weighted by Crippen LogP contribution is 2.26. The molecule has 0 heterocycles. The smallest absolute Gasteiger partial charge is 0.212 e. The molecule has 0 fully saturated rings. The molecule has 0 amide bonds. The monoisotopic (exact) mass is 266 g/mol. The molecule has 0 bridgehead atoms. The van der Waals surface area contributed by atoms with Crippen molar-refractivity contribution in [2.45, 2.75) is 25.0 Å². The third kappa shape index (κ3) is 3.37. The first-order valence-electron chi connectivity index (χ1n) is 4.41. The van der Waals surface area contributed by atoms with Gasteiger partial charge in [0, 0.05) is 15.7 Å². The van der Waals surface area contributed by atoms with E-state index >= 15 is 0 Å². The van der Waals surface area contributed by atoms with E-state index in [9.17, 15) is 8.42 Å². The quantitative estimate of drug-likeness (QED) is 0.788. The fraction of sp³-hybridized carbons (Fsp3) is 0.400. The Morgan fingerprint density at radius 3 is 2.40 bits per heavy atom. The first-order chi connectivity index (χ1) is 6.72. The van der Waals surface area contributed by atoms with Gasteiger partial charge in [0.2, 0.25) is 9.05 Å². The molecule has 0 radical (unpaired) electrons. The second kappa shape index (κ2) is 4.32. The summed E-state index contributed by atoms with van der Waals surface area (Å²) in [6, 6.07) is 7.10. The zero-order chi connectivity index (χ0) is 11.7. The SMILES string of the molecule is CC(C)(Cc1cccc(Cl)c1)S(=O)(=O)Cl. The summed E-state index contributed by atoms with van der Waals surface area (Å²) >= 11 is 5.81. The van der Waals surface area contributed by atoms with Gasteiger partial charge in [-0.1, -0.05) is 23.7 Å². The average Bonchev–Trinajstić information content (AvgIpc) is 2.00. The van der Waals surface area contributed by atoms with Gasteiger partial charge in [0.05, 0.1) is 4.75 Å². The summed E-state index contributed by atoms with van der Waals surface area (Å²) < 4.78 is 21.6. The van der Waals surface area contributed by atoms with Crippen LogP contribution in [0.1, 0.15) is 19.4 Å². The van der Waals surface area contributed by atoms with Crippen molar-refractivity contribution in [1.29, 1.82) is 0 Å². The van der Waals surface area contributed by atoms with Gasteiger partial charge in [0.25, 0.3) is 0 Å². The van der Waals surface area contributed by atoms with Gasteiger partial charge in [0.1, 0.15) is 0 Å². The van der Waals surface area contributed by atoms with E-state index in [1.807, 2.05) is 6.07 Å². The van der Waals surface area contributed by atoms with Crippen LogP contribution in [-0.2, 0) is 15.5 Å². The summed E-state index contributed by atoms with van der Waals surface area (Å²) in [5, 5.41) is 0.593. The van der Waals surface area contributed by atoms with Crippen molar-refractivity contribution in [3.8, 4) is 0 Å². The lowest BCUT2D eigenvalue weighted by Gasteiger charge is -2.20. The Morgan fingerprint density at radius 1 is 1.33 bits per heavy atom. The Hall–Kier alpha value is -0.250. The van der Waals surface area contributed by atoms with E-state index < -0.39 is 13.8 Å². The van der Waals surface area contributed by atoms with Gasteiger partial charge in [-0.05, 0) is 38.0 Å². The largest absolute Gasteiger partial charge is 0.238 e. The molecule has 0 spiro atoms. The van der Waals surface area contributed by atoms with Gasteiger partial charge in [-0.15, -0.1) is 0 Å². The molecule has 1 rings (SSSR count). The zero-order valence-corrected chi connectivity index (χ0v) is 10.8. The molecule has 0 aromatic heterocycles. The Balaban J connectivity index is 2.97. The molecule has 0 N–H and O–H groups in total. The van der Waals surface area contributed by atoms with Crippen LogP contribution in [-0.4, -0.2) is 13.2 Å². The van der Waals surface area contributed by atoms with Crippen molar-refractivity contribution >= 4 is 31.3 Å². The van der Waals surface area contributed by atoms with Crippen LogP contribution in [0.4, 0.5) is 0 Å². The molecule has 0 saturated carbocycles. The maximum atomic E-state index is 11.3. The summed E-state index contributed by atoms with van der Waals surface area (Å²) in [6.07, 6.45) is 0.347. The summed E-state index contributed by atoms with van der Waals surface area (Å²) in [4.78, 5) is 0. The second-order valence-corrected chi connectivity index (χ2v) is 7.64.